The lowest BCUT2D eigenvalue weighted by molar-refractivity contribution is -0.169. The van der Waals surface area contributed by atoms with Crippen LogP contribution in [0.15, 0.2) is 36.4 Å². The number of nitrogens with zero attached hydrogens (tertiary/aromatic N) is 2. The Morgan fingerprint density at radius 3 is 2.49 bits per heavy atom. The molecule has 5 bridgehead atoms. The lowest BCUT2D eigenvalue weighted by atomic mass is 9.80. The van der Waals surface area contributed by atoms with Gasteiger partial charge in [0.2, 0.25) is 5.91 Å². The van der Waals surface area contributed by atoms with Gasteiger partial charge >= 0.3 is 5.97 Å². The molecule has 3 N–H and O–H groups in total. The van der Waals surface area contributed by atoms with Crippen LogP contribution in [-0.4, -0.2) is 78.4 Å². The summed E-state index contributed by atoms with van der Waals surface area (Å²) in [5.41, 5.74) is 5.46. The summed E-state index contributed by atoms with van der Waals surface area (Å²) in [6, 6.07) is 7.88. The summed E-state index contributed by atoms with van der Waals surface area (Å²) in [6.07, 6.45) is 6.32. The highest BCUT2D eigenvalue weighted by molar-refractivity contribution is 5.91. The van der Waals surface area contributed by atoms with Crippen LogP contribution in [-0.2, 0) is 33.4 Å². The maximum absolute atomic E-state index is 13.3. The van der Waals surface area contributed by atoms with Crippen LogP contribution >= 0.6 is 0 Å². The fraction of sp³-hybridized carbons (Fsp3) is 0.516. The molecule has 3 amide bonds. The van der Waals surface area contributed by atoms with Crippen LogP contribution in [0.5, 0.6) is 0 Å². The van der Waals surface area contributed by atoms with Crippen molar-refractivity contribution in [1.29, 1.82) is 0 Å². The highest BCUT2D eigenvalue weighted by Crippen LogP contribution is 2.31. The second-order valence-electron chi connectivity index (χ2n) is 11.3. The third-order valence-corrected chi connectivity index (χ3v) is 8.04. The average Bonchev–Trinajstić information content (AvgIpc) is 2.98. The Labute approximate surface area is 250 Å². The third kappa shape index (κ3) is 7.75. The number of hydrazine groups is 1. The molecule has 5 rings (SSSR count). The van der Waals surface area contributed by atoms with Gasteiger partial charge < -0.3 is 24.8 Å². The molecule has 1 aliphatic carbocycles. The molecule has 0 radical (unpaired) electrons. The Balaban J connectivity index is 1.33. The van der Waals surface area contributed by atoms with Crippen LogP contribution in [0, 0.1) is 5.92 Å². The number of nitrogens with one attached hydrogen (secondary N) is 3. The van der Waals surface area contributed by atoms with E-state index in [-0.39, 0.29) is 43.8 Å². The first-order valence-electron chi connectivity index (χ1n) is 14.9. The summed E-state index contributed by atoms with van der Waals surface area (Å²) in [7, 11) is 0. The largest absolute Gasteiger partial charge is 0.450 e. The number of amides is 3. The van der Waals surface area contributed by atoms with Gasteiger partial charge in [0.15, 0.2) is 6.10 Å². The first-order chi connectivity index (χ1) is 20.8. The molecule has 2 fully saturated rings. The molecule has 12 nitrogen and oxygen atoms in total. The van der Waals surface area contributed by atoms with Crippen LogP contribution in [0.2, 0.25) is 0 Å². The topological polar surface area (TPSA) is 148 Å². The monoisotopic (exact) mass is 593 g/mol. The number of hydrogen-bond acceptors (Lipinski definition) is 9. The standard InChI is InChI=1S/C31H39N5O7/c1-19-24-13-12-22-11-10-21(16-26(22)34-24)6-5-15-41-18-42-17-27(37)43-28(23-7-3-8-23)30(39)33-20(2)31(40)36-14-4-9-25(35-36)29(38)32-19/h5-6,10-13,16,19-20,23,25,28,35H,3-4,7-9,14-15,17-18H2,1-2H3,(H,32,38)(H,33,39)/b6-5+/t19-,20+,25+,28+/m1/s1. The van der Waals surface area contributed by atoms with Crippen LogP contribution in [0.1, 0.15) is 63.3 Å². The predicted octanol–water partition coefficient (Wildman–Crippen LogP) is 2.14. The molecule has 4 atom stereocenters. The molecule has 12 heteroatoms. The summed E-state index contributed by atoms with van der Waals surface area (Å²) in [6.45, 7) is 3.60. The molecule has 3 aliphatic rings. The Morgan fingerprint density at radius 2 is 1.70 bits per heavy atom. The van der Waals surface area contributed by atoms with Crippen molar-refractivity contribution in [3.63, 3.8) is 0 Å². The van der Waals surface area contributed by atoms with E-state index in [1.807, 2.05) is 49.4 Å². The van der Waals surface area contributed by atoms with Crippen LogP contribution in [0.4, 0.5) is 0 Å². The molecular weight excluding hydrogens is 554 g/mol. The van der Waals surface area contributed by atoms with Gasteiger partial charge in [-0.2, -0.15) is 0 Å². The number of cyclic esters (lactones) is 1. The van der Waals surface area contributed by atoms with Gasteiger partial charge in [-0.15, -0.1) is 0 Å². The van der Waals surface area contributed by atoms with Gasteiger partial charge in [-0.25, -0.2) is 10.2 Å². The minimum atomic E-state index is -1.02. The van der Waals surface area contributed by atoms with Crippen molar-refractivity contribution in [2.75, 3.05) is 26.6 Å². The molecular formula is C31H39N5O7. The van der Waals surface area contributed by atoms with E-state index >= 15 is 0 Å². The number of carbonyl (C=O) groups excluding carboxylic acids is 4. The van der Waals surface area contributed by atoms with E-state index in [2.05, 4.69) is 16.1 Å². The van der Waals surface area contributed by atoms with E-state index in [1.54, 1.807) is 6.92 Å². The quantitative estimate of drug-likeness (QED) is 0.423. The van der Waals surface area contributed by atoms with Crippen molar-refractivity contribution in [2.45, 2.75) is 70.2 Å². The van der Waals surface area contributed by atoms with Gasteiger partial charge in [0.05, 0.1) is 23.9 Å². The first-order valence-corrected chi connectivity index (χ1v) is 14.9. The van der Waals surface area contributed by atoms with Crippen molar-refractivity contribution < 1.29 is 33.4 Å². The second kappa shape index (κ2) is 14.1. The summed E-state index contributed by atoms with van der Waals surface area (Å²) in [4.78, 5) is 56.9. The number of pyridine rings is 1. The zero-order chi connectivity index (χ0) is 30.3. The molecule has 0 unspecified atom stereocenters. The highest BCUT2D eigenvalue weighted by atomic mass is 16.7. The number of aromatic nitrogens is 1. The molecule has 1 saturated heterocycles. The molecule has 230 valence electrons. The SMILES string of the molecule is C[C@@H]1NC(=O)[C@H](C2CCC2)OC(=O)COCOC/C=C/c2ccc3ccc(nc3c2)[C@@H](C)NC(=O)[C@@H]2CCCN(N2)C1=O. The summed E-state index contributed by atoms with van der Waals surface area (Å²) in [5, 5.41) is 8.07. The maximum Gasteiger partial charge on any atom is 0.332 e. The van der Waals surface area contributed by atoms with E-state index in [9.17, 15) is 19.2 Å². The molecule has 1 aromatic carbocycles. The van der Waals surface area contributed by atoms with Crippen LogP contribution in [0.25, 0.3) is 17.0 Å². The van der Waals surface area contributed by atoms with Crippen molar-refractivity contribution >= 4 is 40.7 Å². The number of hydrogen-bond donors (Lipinski definition) is 3. The zero-order valence-corrected chi connectivity index (χ0v) is 24.5. The van der Waals surface area contributed by atoms with Gasteiger partial charge in [0.25, 0.3) is 11.8 Å². The van der Waals surface area contributed by atoms with E-state index < -0.39 is 30.1 Å². The van der Waals surface area contributed by atoms with Crippen LogP contribution in [0.3, 0.4) is 0 Å². The summed E-state index contributed by atoms with van der Waals surface area (Å²) < 4.78 is 16.2. The number of esters is 1. The Morgan fingerprint density at radius 1 is 0.907 bits per heavy atom. The highest BCUT2D eigenvalue weighted by Gasteiger charge is 2.38. The lowest BCUT2D eigenvalue weighted by Gasteiger charge is -2.36. The number of carbonyl (C=O) groups is 4. The van der Waals surface area contributed by atoms with Crippen molar-refractivity contribution in [3.8, 4) is 0 Å². The minimum Gasteiger partial charge on any atom is -0.450 e. The fourth-order valence-electron chi connectivity index (χ4n) is 5.37. The van der Waals surface area contributed by atoms with Gasteiger partial charge in [-0.3, -0.25) is 24.4 Å². The van der Waals surface area contributed by atoms with E-state index in [4.69, 9.17) is 19.2 Å². The Hall–Kier alpha value is -3.87. The first kappa shape index (κ1) is 30.6. The van der Waals surface area contributed by atoms with Gasteiger partial charge in [0, 0.05) is 17.8 Å². The van der Waals surface area contributed by atoms with Gasteiger partial charge in [-0.05, 0) is 57.2 Å². The minimum absolute atomic E-state index is 0.118. The zero-order valence-electron chi connectivity index (χ0n) is 24.5. The fourth-order valence-corrected chi connectivity index (χ4v) is 5.37. The normalized spacial score (nSPS) is 27.9. The third-order valence-electron chi connectivity index (χ3n) is 8.04. The van der Waals surface area contributed by atoms with E-state index in [0.29, 0.717) is 25.1 Å². The summed E-state index contributed by atoms with van der Waals surface area (Å²) in [5.74, 6) is -1.96. The van der Waals surface area contributed by atoms with E-state index in [0.717, 1.165) is 35.7 Å². The van der Waals surface area contributed by atoms with Crippen molar-refractivity contribution in [1.82, 2.24) is 26.1 Å². The van der Waals surface area contributed by atoms with Gasteiger partial charge in [-0.1, -0.05) is 36.8 Å². The molecule has 2 aliphatic heterocycles. The van der Waals surface area contributed by atoms with E-state index in [1.165, 1.54) is 5.01 Å². The number of fused-ring (bicyclic) bond motifs is 4. The molecule has 3 heterocycles. The predicted molar refractivity (Wildman–Crippen MR) is 157 cm³/mol. The maximum atomic E-state index is 13.3. The number of rotatable bonds is 1. The van der Waals surface area contributed by atoms with Crippen molar-refractivity contribution in [3.05, 3.63) is 47.7 Å². The summed E-state index contributed by atoms with van der Waals surface area (Å²) >= 11 is 0. The van der Waals surface area contributed by atoms with Crippen molar-refractivity contribution in [2.24, 2.45) is 5.92 Å². The molecule has 2 aromatic rings. The molecule has 1 saturated carbocycles. The van der Waals surface area contributed by atoms with Crippen LogP contribution < -0.4 is 16.1 Å². The average molecular weight is 594 g/mol. The smallest absolute Gasteiger partial charge is 0.332 e. The molecule has 1 aromatic heterocycles. The second-order valence-corrected chi connectivity index (χ2v) is 11.3. The number of benzene rings is 1. The van der Waals surface area contributed by atoms with Gasteiger partial charge in [0.1, 0.15) is 25.5 Å². The number of ether oxygens (including phenoxy) is 3. The Bertz CT molecular complexity index is 1380. The Kier molecular flexibility index (Phi) is 10.0. The molecule has 0 spiro atoms. The molecule has 43 heavy (non-hydrogen) atoms. The lowest BCUT2D eigenvalue weighted by Crippen LogP contribution is -2.61.